The minimum atomic E-state index is 0.373. The number of rotatable bonds is 3. The van der Waals surface area contributed by atoms with E-state index in [1.165, 1.54) is 36.8 Å². The summed E-state index contributed by atoms with van der Waals surface area (Å²) >= 11 is 0. The number of fused-ring (bicyclic) bond motifs is 2. The number of ketones is 1. The van der Waals surface area contributed by atoms with Crippen LogP contribution in [0.2, 0.25) is 0 Å². The lowest BCUT2D eigenvalue weighted by Gasteiger charge is -2.21. The zero-order valence-electron chi connectivity index (χ0n) is 12.3. The van der Waals surface area contributed by atoms with E-state index in [1.807, 2.05) is 0 Å². The van der Waals surface area contributed by atoms with Crippen LogP contribution in [0.25, 0.3) is 0 Å². The van der Waals surface area contributed by atoms with Crippen LogP contribution in [0.15, 0.2) is 12.1 Å². The Bertz CT molecular complexity index is 515. The van der Waals surface area contributed by atoms with Gasteiger partial charge in [-0.05, 0) is 80.5 Å². The second kappa shape index (κ2) is 4.77. The maximum Gasteiger partial charge on any atom is 0.163 e. The summed E-state index contributed by atoms with van der Waals surface area (Å²) in [7, 11) is 0. The normalized spacial score (nSPS) is 28.9. The molecule has 3 atom stereocenters. The van der Waals surface area contributed by atoms with Crippen LogP contribution >= 0.6 is 0 Å². The molecule has 2 saturated carbocycles. The number of aryl methyl sites for hydroxylation is 3. The summed E-state index contributed by atoms with van der Waals surface area (Å²) in [5, 5.41) is 0. The number of hydrogen-bond acceptors (Lipinski definition) is 1. The van der Waals surface area contributed by atoms with E-state index in [2.05, 4.69) is 32.9 Å². The van der Waals surface area contributed by atoms with Gasteiger partial charge in [0.15, 0.2) is 5.78 Å². The minimum absolute atomic E-state index is 0.373. The highest BCUT2D eigenvalue weighted by molar-refractivity contribution is 5.97. The molecule has 2 aliphatic carbocycles. The van der Waals surface area contributed by atoms with Crippen LogP contribution in [-0.4, -0.2) is 5.78 Å². The first-order chi connectivity index (χ1) is 9.04. The first-order valence-electron chi connectivity index (χ1n) is 7.65. The lowest BCUT2D eigenvalue weighted by molar-refractivity contribution is 0.0943. The number of hydrogen-bond donors (Lipinski definition) is 0. The molecule has 102 valence electrons. The molecule has 0 amide bonds. The van der Waals surface area contributed by atoms with Gasteiger partial charge in [-0.2, -0.15) is 0 Å². The fourth-order valence-corrected chi connectivity index (χ4v) is 4.24. The Morgan fingerprint density at radius 3 is 2.42 bits per heavy atom. The fraction of sp³-hybridized carbons (Fsp3) is 0.611. The molecule has 0 N–H and O–H groups in total. The Morgan fingerprint density at radius 1 is 1.05 bits per heavy atom. The molecule has 0 saturated heterocycles. The Morgan fingerprint density at radius 2 is 1.79 bits per heavy atom. The van der Waals surface area contributed by atoms with Gasteiger partial charge in [0.1, 0.15) is 0 Å². The van der Waals surface area contributed by atoms with Crippen LogP contribution < -0.4 is 0 Å². The third kappa shape index (κ3) is 2.35. The number of Topliss-reactive ketones (excluding diaryl/α,β-unsaturated/α-hetero) is 1. The molecule has 1 aromatic carbocycles. The average Bonchev–Trinajstić information content (AvgIpc) is 2.95. The molecule has 3 unspecified atom stereocenters. The topological polar surface area (TPSA) is 17.1 Å². The first kappa shape index (κ1) is 12.9. The quantitative estimate of drug-likeness (QED) is 0.721. The van der Waals surface area contributed by atoms with Crippen molar-refractivity contribution in [3.8, 4) is 0 Å². The Labute approximate surface area is 116 Å². The van der Waals surface area contributed by atoms with E-state index in [4.69, 9.17) is 0 Å². The summed E-state index contributed by atoms with van der Waals surface area (Å²) in [5.74, 6) is 2.83. The first-order valence-corrected chi connectivity index (χ1v) is 7.65. The summed E-state index contributed by atoms with van der Waals surface area (Å²) in [6.07, 6.45) is 6.27. The van der Waals surface area contributed by atoms with Crippen LogP contribution in [0.1, 0.15) is 59.2 Å². The van der Waals surface area contributed by atoms with Gasteiger partial charge in [-0.1, -0.05) is 12.5 Å². The molecular formula is C18H24O. The highest BCUT2D eigenvalue weighted by Gasteiger charge is 2.40. The number of benzene rings is 1. The van der Waals surface area contributed by atoms with Crippen LogP contribution in [0.5, 0.6) is 0 Å². The predicted octanol–water partition coefficient (Wildman–Crippen LogP) is 4.62. The zero-order valence-corrected chi connectivity index (χ0v) is 12.3. The van der Waals surface area contributed by atoms with Gasteiger partial charge in [0, 0.05) is 12.0 Å². The summed E-state index contributed by atoms with van der Waals surface area (Å²) < 4.78 is 0. The van der Waals surface area contributed by atoms with Gasteiger partial charge >= 0.3 is 0 Å². The van der Waals surface area contributed by atoms with E-state index >= 15 is 0 Å². The number of carbonyl (C=O) groups excluding carboxylic acids is 1. The smallest absolute Gasteiger partial charge is 0.163 e. The van der Waals surface area contributed by atoms with E-state index in [9.17, 15) is 4.79 Å². The third-order valence-corrected chi connectivity index (χ3v) is 5.47. The van der Waals surface area contributed by atoms with Crippen molar-refractivity contribution < 1.29 is 4.79 Å². The van der Waals surface area contributed by atoms with Crippen molar-refractivity contribution in [3.63, 3.8) is 0 Å². The van der Waals surface area contributed by atoms with E-state index in [0.717, 1.165) is 29.4 Å². The lowest BCUT2D eigenvalue weighted by atomic mass is 9.83. The fourth-order valence-electron chi connectivity index (χ4n) is 4.24. The van der Waals surface area contributed by atoms with Crippen LogP contribution in [-0.2, 0) is 0 Å². The van der Waals surface area contributed by atoms with Crippen molar-refractivity contribution in [3.05, 3.63) is 34.4 Å². The van der Waals surface area contributed by atoms with Gasteiger partial charge in [0.2, 0.25) is 0 Å². The lowest BCUT2D eigenvalue weighted by Crippen LogP contribution is -2.16. The van der Waals surface area contributed by atoms with Crippen molar-refractivity contribution in [2.45, 2.75) is 52.9 Å². The largest absolute Gasteiger partial charge is 0.294 e. The van der Waals surface area contributed by atoms with E-state index in [-0.39, 0.29) is 0 Å². The summed E-state index contributed by atoms with van der Waals surface area (Å²) in [6.45, 7) is 6.29. The number of carbonyl (C=O) groups is 1. The Balaban J connectivity index is 1.75. The Kier molecular flexibility index (Phi) is 3.24. The third-order valence-electron chi connectivity index (χ3n) is 5.47. The maximum atomic E-state index is 12.6. The zero-order chi connectivity index (χ0) is 13.6. The van der Waals surface area contributed by atoms with Crippen LogP contribution in [0.4, 0.5) is 0 Å². The monoisotopic (exact) mass is 256 g/mol. The molecule has 2 fully saturated rings. The molecule has 1 heteroatoms. The SMILES string of the molecule is Cc1cc(C)c(C(=O)CC2CC3CCC2C3)cc1C. The summed E-state index contributed by atoms with van der Waals surface area (Å²) in [4.78, 5) is 12.6. The predicted molar refractivity (Wildman–Crippen MR) is 78.5 cm³/mol. The highest BCUT2D eigenvalue weighted by atomic mass is 16.1. The van der Waals surface area contributed by atoms with Gasteiger partial charge in [0.25, 0.3) is 0 Å². The molecular weight excluding hydrogens is 232 g/mol. The molecule has 0 spiro atoms. The second-order valence-corrected chi connectivity index (χ2v) is 6.81. The molecule has 0 radical (unpaired) electrons. The molecule has 1 nitrogen and oxygen atoms in total. The second-order valence-electron chi connectivity index (χ2n) is 6.81. The van der Waals surface area contributed by atoms with Crippen molar-refractivity contribution in [2.24, 2.45) is 17.8 Å². The van der Waals surface area contributed by atoms with Gasteiger partial charge in [-0.15, -0.1) is 0 Å². The molecule has 0 aromatic heterocycles. The molecule has 2 bridgehead atoms. The standard InChI is InChI=1S/C18H24O/c1-11-6-13(3)17(7-12(11)2)18(19)10-16-9-14-4-5-15(16)8-14/h6-7,14-16H,4-5,8-10H2,1-3H3. The molecule has 1 aromatic rings. The van der Waals surface area contributed by atoms with Crippen molar-refractivity contribution in [1.29, 1.82) is 0 Å². The van der Waals surface area contributed by atoms with Crippen LogP contribution in [0.3, 0.4) is 0 Å². The van der Waals surface area contributed by atoms with Crippen LogP contribution in [0, 0.1) is 38.5 Å². The van der Waals surface area contributed by atoms with Gasteiger partial charge in [-0.3, -0.25) is 4.79 Å². The van der Waals surface area contributed by atoms with Crippen molar-refractivity contribution in [1.82, 2.24) is 0 Å². The Hall–Kier alpha value is -1.11. The van der Waals surface area contributed by atoms with E-state index in [0.29, 0.717) is 11.7 Å². The van der Waals surface area contributed by atoms with Gasteiger partial charge < -0.3 is 0 Å². The van der Waals surface area contributed by atoms with Crippen molar-refractivity contribution >= 4 is 5.78 Å². The minimum Gasteiger partial charge on any atom is -0.294 e. The average molecular weight is 256 g/mol. The highest BCUT2D eigenvalue weighted by Crippen LogP contribution is 2.49. The molecule has 2 aliphatic rings. The van der Waals surface area contributed by atoms with E-state index < -0.39 is 0 Å². The summed E-state index contributed by atoms with van der Waals surface area (Å²) in [5.41, 5.74) is 4.64. The molecule has 0 heterocycles. The van der Waals surface area contributed by atoms with Crippen molar-refractivity contribution in [2.75, 3.05) is 0 Å². The van der Waals surface area contributed by atoms with Gasteiger partial charge in [0.05, 0.1) is 0 Å². The molecule has 19 heavy (non-hydrogen) atoms. The van der Waals surface area contributed by atoms with Gasteiger partial charge in [-0.25, -0.2) is 0 Å². The maximum absolute atomic E-state index is 12.6. The molecule has 0 aliphatic heterocycles. The van der Waals surface area contributed by atoms with E-state index in [1.54, 1.807) is 0 Å². The molecule has 3 rings (SSSR count). The summed E-state index contributed by atoms with van der Waals surface area (Å²) in [6, 6.07) is 4.25.